The lowest BCUT2D eigenvalue weighted by molar-refractivity contribution is -0.348. The van der Waals surface area contributed by atoms with Crippen LogP contribution in [0.25, 0.3) is 0 Å². The van der Waals surface area contributed by atoms with E-state index in [-0.39, 0.29) is 17.7 Å². The lowest BCUT2D eigenvalue weighted by atomic mass is 9.93. The molecule has 3 aromatic rings. The van der Waals surface area contributed by atoms with Gasteiger partial charge in [-0.15, -0.1) is 0 Å². The van der Waals surface area contributed by atoms with Gasteiger partial charge in [-0.05, 0) is 87.1 Å². The van der Waals surface area contributed by atoms with Crippen molar-refractivity contribution < 1.29 is 58.2 Å². The van der Waals surface area contributed by atoms with Crippen LogP contribution >= 0.6 is 38.5 Å². The van der Waals surface area contributed by atoms with Crippen molar-refractivity contribution in [1.29, 1.82) is 0 Å². The zero-order valence-corrected chi connectivity index (χ0v) is 23.3. The Morgan fingerprint density at radius 1 is 0.854 bits per heavy atom. The highest BCUT2D eigenvalue weighted by Gasteiger charge is 2.73. The van der Waals surface area contributed by atoms with Gasteiger partial charge in [0.1, 0.15) is 0 Å². The van der Waals surface area contributed by atoms with Crippen molar-refractivity contribution in [2.24, 2.45) is 0 Å². The van der Waals surface area contributed by atoms with E-state index in [9.17, 15) is 49.1 Å². The topological polar surface area (TPSA) is 67.4 Å². The smallest absolute Gasteiger partial charge is 0.433 e. The second kappa shape index (κ2) is 12.0. The number of halogens is 12. The summed E-state index contributed by atoms with van der Waals surface area (Å²) in [6.07, 6.45) is -13.2. The predicted molar refractivity (Wildman–Crippen MR) is 137 cm³/mol. The van der Waals surface area contributed by atoms with Crippen LogP contribution in [0.1, 0.15) is 26.3 Å². The number of hydrogen-bond donors (Lipinski definition) is 2. The molecule has 0 aliphatic carbocycles. The van der Waals surface area contributed by atoms with Gasteiger partial charge >= 0.3 is 24.6 Å². The summed E-state index contributed by atoms with van der Waals surface area (Å²) in [7, 11) is 0. The molecule has 0 aliphatic heterocycles. The van der Waals surface area contributed by atoms with Crippen molar-refractivity contribution in [3.05, 3.63) is 85.1 Å². The summed E-state index contributed by atoms with van der Waals surface area (Å²) >= 11 is 4.50. The molecule has 2 amide bonds. The van der Waals surface area contributed by atoms with Crippen LogP contribution < -0.4 is 15.4 Å². The summed E-state index contributed by atoms with van der Waals surface area (Å²) in [5.41, 5.74) is -10.4. The molecular weight excluding hydrogens is 761 g/mol. The molecule has 5 nitrogen and oxygen atoms in total. The highest BCUT2D eigenvalue weighted by Crippen LogP contribution is 2.55. The van der Waals surface area contributed by atoms with Gasteiger partial charge in [-0.25, -0.2) is 8.78 Å². The molecule has 0 saturated heterocycles. The van der Waals surface area contributed by atoms with Crippen LogP contribution in [0.2, 0.25) is 0 Å². The molecule has 0 fully saturated rings. The molecular formula is C24H12BrF10IN2O3. The Balaban J connectivity index is 2.01. The van der Waals surface area contributed by atoms with Gasteiger partial charge in [0.15, 0.2) is 11.6 Å². The highest BCUT2D eigenvalue weighted by molar-refractivity contribution is 14.1. The van der Waals surface area contributed by atoms with Crippen LogP contribution in [0.4, 0.5) is 55.3 Å². The lowest BCUT2D eigenvalue weighted by Crippen LogP contribution is -2.50. The molecule has 0 aliphatic rings. The number of anilines is 2. The van der Waals surface area contributed by atoms with Crippen LogP contribution in [0.15, 0.2) is 59.1 Å². The third-order valence-corrected chi connectivity index (χ3v) is 6.63. The molecule has 220 valence electrons. The van der Waals surface area contributed by atoms with Gasteiger partial charge in [-0.3, -0.25) is 9.59 Å². The van der Waals surface area contributed by atoms with Crippen molar-refractivity contribution in [2.75, 3.05) is 10.6 Å². The molecule has 0 unspecified atom stereocenters. The fraction of sp³-hybridized carbons (Fsp3) is 0.167. The minimum absolute atomic E-state index is 0.0526. The third-order valence-electron chi connectivity index (χ3n) is 5.29. The van der Waals surface area contributed by atoms with Crippen molar-refractivity contribution in [3.8, 4) is 5.75 Å². The SMILES string of the molecule is O=C(Nc1cccc(C(=O)Nc2c(Br)cc(C(F)(C(F)(F)F)C(F)(F)F)cc2OC(F)F)c1F)c1ccc(I)cc1. The summed E-state index contributed by atoms with van der Waals surface area (Å²) in [4.78, 5) is 25.2. The highest BCUT2D eigenvalue weighted by atomic mass is 127. The maximum atomic E-state index is 15.1. The maximum absolute atomic E-state index is 15.1. The molecule has 0 radical (unpaired) electrons. The Morgan fingerprint density at radius 2 is 1.44 bits per heavy atom. The molecule has 2 N–H and O–H groups in total. The van der Waals surface area contributed by atoms with Crippen LogP contribution in [-0.2, 0) is 5.67 Å². The molecule has 41 heavy (non-hydrogen) atoms. The standard InChI is InChI=1S/C24H12BrF10IN2O3/c25-14-8-11(22(29,23(30,31)32)24(33,34)35)9-16(41-21(27)28)18(14)38-20(40)13-2-1-3-15(17(13)26)37-19(39)10-4-6-12(36)7-5-10/h1-9,21H,(H,37,39)(H,38,40). The molecule has 0 saturated carbocycles. The summed E-state index contributed by atoms with van der Waals surface area (Å²) in [5, 5.41) is 4.06. The van der Waals surface area contributed by atoms with E-state index in [2.05, 4.69) is 26.0 Å². The van der Waals surface area contributed by atoms with Crippen molar-refractivity contribution in [1.82, 2.24) is 0 Å². The summed E-state index contributed by atoms with van der Waals surface area (Å²) in [6.45, 7) is -3.85. The van der Waals surface area contributed by atoms with E-state index in [1.807, 2.05) is 27.9 Å². The van der Waals surface area contributed by atoms with Gasteiger partial charge in [-0.1, -0.05) is 6.07 Å². The van der Waals surface area contributed by atoms with E-state index in [0.717, 1.165) is 21.8 Å². The zero-order chi connectivity index (χ0) is 30.9. The largest absolute Gasteiger partial charge is 0.435 e. The van der Waals surface area contributed by atoms with Gasteiger partial charge in [0, 0.05) is 19.2 Å². The van der Waals surface area contributed by atoms with E-state index < -0.39 is 75.0 Å². The Kier molecular flexibility index (Phi) is 9.51. The first-order chi connectivity index (χ1) is 18.9. The normalized spacial score (nSPS) is 12.3. The first-order valence-corrected chi connectivity index (χ1v) is 12.5. The molecule has 0 aromatic heterocycles. The number of rotatable bonds is 7. The number of hydrogen-bond acceptors (Lipinski definition) is 3. The predicted octanol–water partition coefficient (Wildman–Crippen LogP) is 8.59. The average molecular weight is 773 g/mol. The second-order valence-electron chi connectivity index (χ2n) is 7.95. The van der Waals surface area contributed by atoms with Crippen molar-refractivity contribution >= 4 is 61.7 Å². The minimum atomic E-state index is -6.58. The Bertz CT molecular complexity index is 1450. The summed E-state index contributed by atoms with van der Waals surface area (Å²) in [6, 6.07) is 8.73. The van der Waals surface area contributed by atoms with Gasteiger partial charge in [0.2, 0.25) is 0 Å². The Labute approximate surface area is 245 Å². The van der Waals surface area contributed by atoms with Crippen LogP contribution in [0, 0.1) is 9.39 Å². The van der Waals surface area contributed by atoms with Gasteiger partial charge in [0.05, 0.1) is 16.9 Å². The molecule has 3 aromatic carbocycles. The van der Waals surface area contributed by atoms with Gasteiger partial charge in [0.25, 0.3) is 11.8 Å². The average Bonchev–Trinajstić information content (AvgIpc) is 2.85. The van der Waals surface area contributed by atoms with Crippen LogP contribution in [0.5, 0.6) is 5.75 Å². The molecule has 0 bridgehead atoms. The fourth-order valence-electron chi connectivity index (χ4n) is 3.36. The van der Waals surface area contributed by atoms with Crippen molar-refractivity contribution in [2.45, 2.75) is 24.6 Å². The van der Waals surface area contributed by atoms with E-state index in [1.54, 1.807) is 12.1 Å². The van der Waals surface area contributed by atoms with E-state index in [0.29, 0.717) is 0 Å². The quantitative estimate of drug-likeness (QED) is 0.187. The van der Waals surface area contributed by atoms with E-state index >= 15 is 4.39 Å². The minimum Gasteiger partial charge on any atom is -0.433 e. The van der Waals surface area contributed by atoms with E-state index in [1.165, 1.54) is 12.1 Å². The molecule has 0 atom stereocenters. The van der Waals surface area contributed by atoms with Gasteiger partial charge < -0.3 is 15.4 Å². The number of benzene rings is 3. The van der Waals surface area contributed by atoms with Crippen molar-refractivity contribution in [3.63, 3.8) is 0 Å². The van der Waals surface area contributed by atoms with Gasteiger partial charge in [-0.2, -0.15) is 35.1 Å². The second-order valence-corrected chi connectivity index (χ2v) is 10.0. The maximum Gasteiger partial charge on any atom is 0.435 e. The first kappa shape index (κ1) is 32.4. The number of carbonyl (C=O) groups excluding carboxylic acids is 2. The third kappa shape index (κ3) is 6.87. The lowest BCUT2D eigenvalue weighted by Gasteiger charge is -2.31. The first-order valence-electron chi connectivity index (χ1n) is 10.6. The molecule has 17 heteroatoms. The molecule has 0 spiro atoms. The number of carbonyl (C=O) groups is 2. The van der Waals surface area contributed by atoms with E-state index in [4.69, 9.17) is 0 Å². The molecule has 0 heterocycles. The number of amides is 2. The molecule has 3 rings (SSSR count). The summed E-state index contributed by atoms with van der Waals surface area (Å²) in [5.74, 6) is -5.05. The Hall–Kier alpha value is -3.09. The fourth-order valence-corrected chi connectivity index (χ4v) is 4.26. The summed E-state index contributed by atoms with van der Waals surface area (Å²) < 4.78 is 139. The number of nitrogens with one attached hydrogen (secondary N) is 2. The van der Waals surface area contributed by atoms with Crippen LogP contribution in [-0.4, -0.2) is 30.8 Å². The Morgan fingerprint density at radius 3 is 1.98 bits per heavy atom. The number of alkyl halides is 9. The zero-order valence-electron chi connectivity index (χ0n) is 19.5. The number of ether oxygens (including phenoxy) is 1. The monoisotopic (exact) mass is 772 g/mol. The van der Waals surface area contributed by atoms with Crippen LogP contribution in [0.3, 0.4) is 0 Å².